The molecule has 0 saturated carbocycles. The summed E-state index contributed by atoms with van der Waals surface area (Å²) in [7, 11) is 0. The Morgan fingerprint density at radius 3 is 2.23 bits per heavy atom. The Bertz CT molecular complexity index is 884. The molecule has 1 aliphatic rings. The van der Waals surface area contributed by atoms with Crippen LogP contribution in [0.4, 0.5) is 4.79 Å². The van der Waals surface area contributed by atoms with E-state index in [0.29, 0.717) is 0 Å². The van der Waals surface area contributed by atoms with Crippen molar-refractivity contribution in [1.29, 1.82) is 0 Å². The minimum absolute atomic E-state index is 0.0145. The van der Waals surface area contributed by atoms with Gasteiger partial charge in [-0.05, 0) is 29.2 Å². The van der Waals surface area contributed by atoms with Crippen LogP contribution in [0.15, 0.2) is 48.5 Å². The number of aliphatic carboxylic acids is 1. The Balaban J connectivity index is 1.40. The number of hydrogen-bond donors (Lipinski definition) is 3. The van der Waals surface area contributed by atoms with Crippen LogP contribution >= 0.6 is 0 Å². The highest BCUT2D eigenvalue weighted by Gasteiger charge is 2.28. The van der Waals surface area contributed by atoms with E-state index in [9.17, 15) is 14.4 Å². The normalized spacial score (nSPS) is 13.1. The molecule has 1 aliphatic carbocycles. The molecular weight excluding hydrogens is 388 g/mol. The first-order valence-electron chi connectivity index (χ1n) is 9.66. The van der Waals surface area contributed by atoms with Gasteiger partial charge in [0.1, 0.15) is 19.3 Å². The van der Waals surface area contributed by atoms with Crippen LogP contribution in [-0.2, 0) is 19.1 Å². The third-order valence-corrected chi connectivity index (χ3v) is 4.84. The maximum atomic E-state index is 12.0. The van der Waals surface area contributed by atoms with E-state index >= 15 is 0 Å². The van der Waals surface area contributed by atoms with E-state index < -0.39 is 24.0 Å². The molecule has 0 spiro atoms. The van der Waals surface area contributed by atoms with Crippen molar-refractivity contribution in [3.8, 4) is 11.1 Å². The summed E-state index contributed by atoms with van der Waals surface area (Å²) in [5.41, 5.74) is 4.59. The van der Waals surface area contributed by atoms with E-state index in [0.717, 1.165) is 22.3 Å². The molecule has 1 unspecified atom stereocenters. The molecule has 2 aromatic carbocycles. The fourth-order valence-corrected chi connectivity index (χ4v) is 3.38. The van der Waals surface area contributed by atoms with Crippen LogP contribution in [0.25, 0.3) is 11.1 Å². The summed E-state index contributed by atoms with van der Waals surface area (Å²) >= 11 is 0. The van der Waals surface area contributed by atoms with Crippen molar-refractivity contribution in [2.75, 3.05) is 26.4 Å². The zero-order valence-electron chi connectivity index (χ0n) is 16.6. The molecule has 0 radical (unpaired) electrons. The molecule has 2 amide bonds. The number of carbonyl (C=O) groups excluding carboxylic acids is 2. The predicted octanol–water partition coefficient (Wildman–Crippen LogP) is 2.13. The Kier molecular flexibility index (Phi) is 7.03. The van der Waals surface area contributed by atoms with Gasteiger partial charge in [0.15, 0.2) is 0 Å². The molecule has 8 nitrogen and oxygen atoms in total. The lowest BCUT2D eigenvalue weighted by Gasteiger charge is -2.14. The van der Waals surface area contributed by atoms with Crippen LogP contribution in [0.3, 0.4) is 0 Å². The number of carboxylic acid groups (broad SMARTS) is 1. The van der Waals surface area contributed by atoms with Gasteiger partial charge in [0, 0.05) is 12.5 Å². The van der Waals surface area contributed by atoms with Gasteiger partial charge in [-0.2, -0.15) is 0 Å². The second kappa shape index (κ2) is 9.89. The second-order valence-corrected chi connectivity index (χ2v) is 6.93. The number of rotatable bonds is 9. The van der Waals surface area contributed by atoms with Crippen LogP contribution < -0.4 is 10.6 Å². The summed E-state index contributed by atoms with van der Waals surface area (Å²) in [4.78, 5) is 34.2. The van der Waals surface area contributed by atoms with Crippen LogP contribution in [-0.4, -0.2) is 55.5 Å². The van der Waals surface area contributed by atoms with Crippen LogP contribution in [0, 0.1) is 0 Å². The SMILES string of the molecule is CC(NC(=O)COCCNC(=O)OCC1c2ccccc2-c2ccccc21)C(=O)O. The Labute approximate surface area is 174 Å². The quantitative estimate of drug-likeness (QED) is 0.544. The maximum Gasteiger partial charge on any atom is 0.407 e. The largest absolute Gasteiger partial charge is 0.480 e. The van der Waals surface area contributed by atoms with E-state index in [1.165, 1.54) is 6.92 Å². The summed E-state index contributed by atoms with van der Waals surface area (Å²) in [6, 6.07) is 15.2. The zero-order valence-corrected chi connectivity index (χ0v) is 16.6. The summed E-state index contributed by atoms with van der Waals surface area (Å²) in [6.07, 6.45) is -0.565. The standard InChI is InChI=1S/C22H24N2O6/c1-14(21(26)27)24-20(25)13-29-11-10-23-22(28)30-12-19-17-8-4-2-6-15(17)16-7-3-5-9-18(16)19/h2-9,14,19H,10-13H2,1H3,(H,23,28)(H,24,25)(H,26,27). The number of alkyl carbamates (subject to hydrolysis) is 1. The lowest BCUT2D eigenvalue weighted by atomic mass is 9.98. The number of fused-ring (bicyclic) bond motifs is 3. The van der Waals surface area contributed by atoms with Crippen molar-refractivity contribution in [2.45, 2.75) is 18.9 Å². The molecule has 8 heteroatoms. The first kappa shape index (κ1) is 21.3. The molecule has 30 heavy (non-hydrogen) atoms. The van der Waals surface area contributed by atoms with Gasteiger partial charge >= 0.3 is 12.1 Å². The molecule has 1 atom stereocenters. The molecular formula is C22H24N2O6. The number of carbonyl (C=O) groups is 3. The van der Waals surface area contributed by atoms with Crippen molar-refractivity contribution in [3.05, 3.63) is 59.7 Å². The molecule has 0 aromatic heterocycles. The van der Waals surface area contributed by atoms with Crippen molar-refractivity contribution < 1.29 is 29.0 Å². The topological polar surface area (TPSA) is 114 Å². The van der Waals surface area contributed by atoms with Gasteiger partial charge in [0.25, 0.3) is 0 Å². The summed E-state index contributed by atoms with van der Waals surface area (Å²) < 4.78 is 10.5. The highest BCUT2D eigenvalue weighted by Crippen LogP contribution is 2.44. The number of benzene rings is 2. The van der Waals surface area contributed by atoms with Crippen LogP contribution in [0.2, 0.25) is 0 Å². The molecule has 3 rings (SSSR count). The van der Waals surface area contributed by atoms with Gasteiger partial charge in [0.2, 0.25) is 5.91 Å². The van der Waals surface area contributed by atoms with Crippen molar-refractivity contribution in [2.24, 2.45) is 0 Å². The molecule has 0 bridgehead atoms. The first-order valence-corrected chi connectivity index (χ1v) is 9.66. The first-order chi connectivity index (χ1) is 14.5. The number of amides is 2. The second-order valence-electron chi connectivity index (χ2n) is 6.93. The highest BCUT2D eigenvalue weighted by molar-refractivity contribution is 5.83. The Morgan fingerprint density at radius 2 is 1.63 bits per heavy atom. The summed E-state index contributed by atoms with van der Waals surface area (Å²) in [5, 5.41) is 13.6. The van der Waals surface area contributed by atoms with Crippen molar-refractivity contribution in [1.82, 2.24) is 10.6 Å². The monoisotopic (exact) mass is 412 g/mol. The molecule has 2 aromatic rings. The average molecular weight is 412 g/mol. The van der Waals surface area contributed by atoms with Gasteiger partial charge in [-0.1, -0.05) is 48.5 Å². The smallest absolute Gasteiger partial charge is 0.407 e. The number of ether oxygens (including phenoxy) is 2. The molecule has 0 fully saturated rings. The number of carboxylic acids is 1. The average Bonchev–Trinajstić information content (AvgIpc) is 3.05. The van der Waals surface area contributed by atoms with Gasteiger partial charge in [-0.15, -0.1) is 0 Å². The third kappa shape index (κ3) is 5.15. The lowest BCUT2D eigenvalue weighted by Crippen LogP contribution is -2.40. The summed E-state index contributed by atoms with van der Waals surface area (Å²) in [6.45, 7) is 1.55. The Hall–Kier alpha value is -3.39. The third-order valence-electron chi connectivity index (χ3n) is 4.84. The Morgan fingerprint density at radius 1 is 1.03 bits per heavy atom. The van der Waals surface area contributed by atoms with Gasteiger partial charge in [-0.3, -0.25) is 9.59 Å². The van der Waals surface area contributed by atoms with Gasteiger partial charge in [0.05, 0.1) is 6.61 Å². The number of nitrogens with one attached hydrogen (secondary N) is 2. The van der Waals surface area contributed by atoms with E-state index in [2.05, 4.69) is 22.8 Å². The fraction of sp³-hybridized carbons (Fsp3) is 0.318. The molecule has 0 saturated heterocycles. The maximum absolute atomic E-state index is 12.0. The number of hydrogen-bond acceptors (Lipinski definition) is 5. The van der Waals surface area contributed by atoms with Crippen molar-refractivity contribution >= 4 is 18.0 Å². The van der Waals surface area contributed by atoms with E-state index in [1.807, 2.05) is 36.4 Å². The van der Waals surface area contributed by atoms with E-state index in [-0.39, 0.29) is 32.3 Å². The van der Waals surface area contributed by atoms with E-state index in [4.69, 9.17) is 14.6 Å². The molecule has 158 valence electrons. The van der Waals surface area contributed by atoms with Gasteiger partial charge in [-0.25, -0.2) is 4.79 Å². The molecule has 3 N–H and O–H groups in total. The van der Waals surface area contributed by atoms with Crippen molar-refractivity contribution in [3.63, 3.8) is 0 Å². The van der Waals surface area contributed by atoms with E-state index in [1.54, 1.807) is 0 Å². The van der Waals surface area contributed by atoms with Gasteiger partial charge < -0.3 is 25.2 Å². The summed E-state index contributed by atoms with van der Waals surface area (Å²) in [5.74, 6) is -1.68. The zero-order chi connectivity index (χ0) is 21.5. The predicted molar refractivity (Wildman–Crippen MR) is 109 cm³/mol. The molecule has 0 aliphatic heterocycles. The fourth-order valence-electron chi connectivity index (χ4n) is 3.38. The molecule has 0 heterocycles. The van der Waals surface area contributed by atoms with Crippen LogP contribution in [0.1, 0.15) is 24.0 Å². The lowest BCUT2D eigenvalue weighted by molar-refractivity contribution is -0.142. The minimum Gasteiger partial charge on any atom is -0.480 e. The highest BCUT2D eigenvalue weighted by atomic mass is 16.5. The minimum atomic E-state index is -1.12. The van der Waals surface area contributed by atoms with Crippen LogP contribution in [0.5, 0.6) is 0 Å².